The molecule has 0 unspecified atom stereocenters. The second-order valence-electron chi connectivity index (χ2n) is 4.27. The Morgan fingerprint density at radius 2 is 2.00 bits per heavy atom. The van der Waals surface area contributed by atoms with Gasteiger partial charge in [-0.1, -0.05) is 42.7 Å². The predicted molar refractivity (Wildman–Crippen MR) is 56.9 cm³/mol. The van der Waals surface area contributed by atoms with Crippen LogP contribution in [0.5, 0.6) is 0 Å². The van der Waals surface area contributed by atoms with Gasteiger partial charge >= 0.3 is 0 Å². The maximum Gasteiger partial charge on any atom is 0.0822 e. The van der Waals surface area contributed by atoms with Crippen LogP contribution in [-0.4, -0.2) is 0 Å². The second kappa shape index (κ2) is 3.46. The lowest BCUT2D eigenvalue weighted by atomic mass is 9.80. The first kappa shape index (κ1) is 9.27. The van der Waals surface area contributed by atoms with Crippen LogP contribution < -0.4 is 0 Å². The predicted octanol–water partition coefficient (Wildman–Crippen LogP) is 3.33. The van der Waals surface area contributed by atoms with Gasteiger partial charge in [-0.2, -0.15) is 5.26 Å². The van der Waals surface area contributed by atoms with E-state index in [0.29, 0.717) is 0 Å². The molecule has 72 valence electrons. The summed E-state index contributed by atoms with van der Waals surface area (Å²) in [6.45, 7) is 2.09. The van der Waals surface area contributed by atoms with Crippen molar-refractivity contribution in [1.82, 2.24) is 0 Å². The minimum Gasteiger partial charge on any atom is -0.197 e. The summed E-state index contributed by atoms with van der Waals surface area (Å²) in [7, 11) is 0. The molecule has 1 nitrogen and oxygen atoms in total. The molecule has 0 heterocycles. The van der Waals surface area contributed by atoms with Gasteiger partial charge in [-0.05, 0) is 25.3 Å². The van der Waals surface area contributed by atoms with Crippen LogP contribution in [-0.2, 0) is 5.41 Å². The highest BCUT2D eigenvalue weighted by molar-refractivity contribution is 5.36. The van der Waals surface area contributed by atoms with Crippen molar-refractivity contribution in [2.24, 2.45) is 0 Å². The zero-order valence-electron chi connectivity index (χ0n) is 8.59. The molecule has 1 aromatic rings. The Kier molecular flexibility index (Phi) is 2.29. The van der Waals surface area contributed by atoms with E-state index in [2.05, 4.69) is 37.3 Å². The van der Waals surface area contributed by atoms with E-state index in [1.165, 1.54) is 24.0 Å². The summed E-state index contributed by atoms with van der Waals surface area (Å²) >= 11 is 0. The summed E-state index contributed by atoms with van der Waals surface area (Å²) in [5.41, 5.74) is 2.30. The van der Waals surface area contributed by atoms with E-state index in [9.17, 15) is 5.26 Å². The molecule has 0 saturated heterocycles. The average molecular weight is 185 g/mol. The van der Waals surface area contributed by atoms with Gasteiger partial charge in [0.25, 0.3) is 0 Å². The summed E-state index contributed by atoms with van der Waals surface area (Å²) < 4.78 is 0. The molecule has 1 heteroatoms. The Hall–Kier alpha value is -1.29. The van der Waals surface area contributed by atoms with Crippen molar-refractivity contribution in [2.75, 3.05) is 0 Å². The van der Waals surface area contributed by atoms with Crippen LogP contribution in [0.15, 0.2) is 24.3 Å². The Balaban J connectivity index is 2.42. The lowest BCUT2D eigenvalue weighted by molar-refractivity contribution is 0.572. The van der Waals surface area contributed by atoms with E-state index < -0.39 is 0 Å². The van der Waals surface area contributed by atoms with Crippen LogP contribution in [0.3, 0.4) is 0 Å². The first-order valence-electron chi connectivity index (χ1n) is 5.25. The van der Waals surface area contributed by atoms with Gasteiger partial charge in [0.15, 0.2) is 0 Å². The Bertz CT molecular complexity index is 367. The van der Waals surface area contributed by atoms with Crippen LogP contribution in [0.2, 0.25) is 0 Å². The molecule has 1 aromatic carbocycles. The maximum absolute atomic E-state index is 9.31. The Morgan fingerprint density at radius 3 is 2.57 bits per heavy atom. The normalized spacial score (nSPS) is 19.1. The number of rotatable bonds is 1. The lowest BCUT2D eigenvalue weighted by Crippen LogP contribution is -2.19. The fourth-order valence-corrected chi connectivity index (χ4v) is 2.39. The number of nitrogens with zero attached hydrogens (tertiary/aromatic N) is 1. The molecule has 0 spiro atoms. The standard InChI is InChI=1S/C13H15N/c1-11-5-4-6-12(9-11)13(10-14)7-2-3-8-13/h4-6,9H,2-3,7-8H2,1H3. The molecule has 1 aliphatic carbocycles. The van der Waals surface area contributed by atoms with Crippen molar-refractivity contribution in [3.63, 3.8) is 0 Å². The zero-order valence-corrected chi connectivity index (χ0v) is 8.59. The number of aryl methyl sites for hydroxylation is 1. The van der Waals surface area contributed by atoms with E-state index in [1.807, 2.05) is 0 Å². The maximum atomic E-state index is 9.31. The SMILES string of the molecule is Cc1cccc(C2(C#N)CCCC2)c1. The second-order valence-corrected chi connectivity index (χ2v) is 4.27. The summed E-state index contributed by atoms with van der Waals surface area (Å²) in [5.74, 6) is 0. The summed E-state index contributed by atoms with van der Waals surface area (Å²) in [4.78, 5) is 0. The third-order valence-corrected chi connectivity index (χ3v) is 3.24. The van der Waals surface area contributed by atoms with Gasteiger partial charge in [0.2, 0.25) is 0 Å². The van der Waals surface area contributed by atoms with Crippen molar-refractivity contribution in [1.29, 1.82) is 5.26 Å². The molecule has 0 N–H and O–H groups in total. The van der Waals surface area contributed by atoms with Crippen molar-refractivity contribution in [2.45, 2.75) is 38.0 Å². The van der Waals surface area contributed by atoms with Gasteiger partial charge in [-0.25, -0.2) is 0 Å². The molecular formula is C13H15N. The average Bonchev–Trinajstić information content (AvgIpc) is 2.67. The molecule has 0 aliphatic heterocycles. The Morgan fingerprint density at radius 1 is 1.29 bits per heavy atom. The summed E-state index contributed by atoms with van der Waals surface area (Å²) in [6.07, 6.45) is 4.46. The highest BCUT2D eigenvalue weighted by atomic mass is 14.4. The number of nitriles is 1. The molecule has 1 fully saturated rings. The molecule has 0 aromatic heterocycles. The third kappa shape index (κ3) is 1.42. The summed E-state index contributed by atoms with van der Waals surface area (Å²) in [5, 5.41) is 9.31. The van der Waals surface area contributed by atoms with E-state index >= 15 is 0 Å². The monoisotopic (exact) mass is 185 g/mol. The van der Waals surface area contributed by atoms with Gasteiger partial charge in [0.05, 0.1) is 11.5 Å². The van der Waals surface area contributed by atoms with E-state index in [4.69, 9.17) is 0 Å². The molecule has 0 amide bonds. The van der Waals surface area contributed by atoms with Gasteiger partial charge in [0.1, 0.15) is 0 Å². The van der Waals surface area contributed by atoms with E-state index in [-0.39, 0.29) is 5.41 Å². The topological polar surface area (TPSA) is 23.8 Å². The molecule has 0 radical (unpaired) electrons. The Labute approximate surface area is 85.4 Å². The van der Waals surface area contributed by atoms with Crippen LogP contribution in [0.25, 0.3) is 0 Å². The molecule has 1 aliphatic rings. The zero-order chi connectivity index (χ0) is 10.0. The lowest BCUT2D eigenvalue weighted by Gasteiger charge is -2.20. The van der Waals surface area contributed by atoms with Crippen molar-refractivity contribution < 1.29 is 0 Å². The molecule has 0 bridgehead atoms. The third-order valence-electron chi connectivity index (χ3n) is 3.24. The molecule has 1 saturated carbocycles. The van der Waals surface area contributed by atoms with Crippen LogP contribution >= 0.6 is 0 Å². The number of benzene rings is 1. The van der Waals surface area contributed by atoms with Crippen molar-refractivity contribution in [3.8, 4) is 6.07 Å². The van der Waals surface area contributed by atoms with Crippen molar-refractivity contribution in [3.05, 3.63) is 35.4 Å². The van der Waals surface area contributed by atoms with E-state index in [0.717, 1.165) is 12.8 Å². The first-order valence-corrected chi connectivity index (χ1v) is 5.25. The molecule has 2 rings (SSSR count). The molecular weight excluding hydrogens is 170 g/mol. The van der Waals surface area contributed by atoms with Gasteiger partial charge < -0.3 is 0 Å². The van der Waals surface area contributed by atoms with Gasteiger partial charge in [-0.3, -0.25) is 0 Å². The number of hydrogen-bond donors (Lipinski definition) is 0. The number of hydrogen-bond acceptors (Lipinski definition) is 1. The van der Waals surface area contributed by atoms with Crippen LogP contribution in [0.4, 0.5) is 0 Å². The smallest absolute Gasteiger partial charge is 0.0822 e. The van der Waals surface area contributed by atoms with Gasteiger partial charge in [0, 0.05) is 0 Å². The largest absolute Gasteiger partial charge is 0.197 e. The minimum atomic E-state index is -0.175. The molecule has 0 atom stereocenters. The fourth-order valence-electron chi connectivity index (χ4n) is 2.39. The highest BCUT2D eigenvalue weighted by Crippen LogP contribution is 2.40. The quantitative estimate of drug-likeness (QED) is 0.658. The van der Waals surface area contributed by atoms with Crippen LogP contribution in [0.1, 0.15) is 36.8 Å². The first-order chi connectivity index (χ1) is 6.77. The van der Waals surface area contributed by atoms with Gasteiger partial charge in [-0.15, -0.1) is 0 Å². The molecule has 14 heavy (non-hydrogen) atoms. The van der Waals surface area contributed by atoms with E-state index in [1.54, 1.807) is 0 Å². The minimum absolute atomic E-state index is 0.175. The van der Waals surface area contributed by atoms with Crippen molar-refractivity contribution >= 4 is 0 Å². The van der Waals surface area contributed by atoms with Crippen LogP contribution in [0, 0.1) is 18.3 Å². The highest BCUT2D eigenvalue weighted by Gasteiger charge is 2.35. The fraction of sp³-hybridized carbons (Fsp3) is 0.462. The summed E-state index contributed by atoms with van der Waals surface area (Å²) in [6, 6.07) is 10.9.